The molecule has 7 nitrogen and oxygen atoms in total. The normalized spacial score (nSPS) is 17.6. The first-order valence-electron chi connectivity index (χ1n) is 11.4. The van der Waals surface area contributed by atoms with Gasteiger partial charge in [0.2, 0.25) is 11.8 Å². The van der Waals surface area contributed by atoms with E-state index in [9.17, 15) is 9.59 Å². The van der Waals surface area contributed by atoms with Gasteiger partial charge in [-0.3, -0.25) is 14.2 Å². The number of nitrogens with one attached hydrogen (secondary N) is 2. The van der Waals surface area contributed by atoms with Crippen LogP contribution in [0.1, 0.15) is 76.5 Å². The minimum absolute atomic E-state index is 0.0603. The Kier molecular flexibility index (Phi) is 7.27. The molecule has 2 amide bonds. The molecule has 0 spiro atoms. The molecule has 4 rings (SSSR count). The van der Waals surface area contributed by atoms with Gasteiger partial charge in [-0.25, -0.2) is 0 Å². The lowest BCUT2D eigenvalue weighted by Gasteiger charge is -2.21. The summed E-state index contributed by atoms with van der Waals surface area (Å²) in [4.78, 5) is 24.1. The molecule has 2 aromatic rings. The topological polar surface area (TPSA) is 88.9 Å². The van der Waals surface area contributed by atoms with Crippen LogP contribution in [-0.2, 0) is 9.59 Å². The van der Waals surface area contributed by atoms with Crippen molar-refractivity contribution in [3.63, 3.8) is 0 Å². The highest BCUT2D eigenvalue weighted by molar-refractivity contribution is 7.99. The molecule has 1 heterocycles. The molecule has 2 aliphatic rings. The van der Waals surface area contributed by atoms with Gasteiger partial charge in [0.25, 0.3) is 0 Å². The SMILES string of the molecule is CC(=O)Nc1cccc(-n2c(SCC(=O)NC3CCCCCCC3)nnc2C2CC2)c1. The van der Waals surface area contributed by atoms with E-state index >= 15 is 0 Å². The van der Waals surface area contributed by atoms with Gasteiger partial charge in [0.1, 0.15) is 5.82 Å². The quantitative estimate of drug-likeness (QED) is 0.621. The number of thioether (sulfide) groups is 1. The Morgan fingerprint density at radius 3 is 2.52 bits per heavy atom. The third kappa shape index (κ3) is 6.09. The maximum absolute atomic E-state index is 12.6. The van der Waals surface area contributed by atoms with E-state index in [1.807, 2.05) is 28.8 Å². The molecular weight excluding hydrogens is 410 g/mol. The number of amides is 2. The molecule has 0 bridgehead atoms. The van der Waals surface area contributed by atoms with Crippen LogP contribution in [0.5, 0.6) is 0 Å². The fourth-order valence-corrected chi connectivity index (χ4v) is 4.92. The number of hydrogen-bond donors (Lipinski definition) is 2. The molecule has 0 unspecified atom stereocenters. The van der Waals surface area contributed by atoms with Gasteiger partial charge in [0, 0.05) is 24.6 Å². The summed E-state index contributed by atoms with van der Waals surface area (Å²) in [5.41, 5.74) is 1.64. The zero-order valence-electron chi connectivity index (χ0n) is 18.1. The number of nitrogens with zero attached hydrogens (tertiary/aromatic N) is 3. The van der Waals surface area contributed by atoms with Crippen LogP contribution in [0.4, 0.5) is 5.69 Å². The lowest BCUT2D eigenvalue weighted by molar-refractivity contribution is -0.119. The van der Waals surface area contributed by atoms with E-state index in [0.717, 1.165) is 48.0 Å². The van der Waals surface area contributed by atoms with Gasteiger partial charge in [0.15, 0.2) is 5.16 Å². The van der Waals surface area contributed by atoms with Crippen molar-refractivity contribution in [2.45, 2.75) is 81.8 Å². The van der Waals surface area contributed by atoms with Crippen LogP contribution < -0.4 is 10.6 Å². The van der Waals surface area contributed by atoms with E-state index < -0.39 is 0 Å². The largest absolute Gasteiger partial charge is 0.353 e. The Bertz CT molecular complexity index is 916. The summed E-state index contributed by atoms with van der Waals surface area (Å²) < 4.78 is 2.04. The molecule has 31 heavy (non-hydrogen) atoms. The second kappa shape index (κ2) is 10.3. The van der Waals surface area contributed by atoms with Crippen LogP contribution in [0.3, 0.4) is 0 Å². The van der Waals surface area contributed by atoms with E-state index in [0.29, 0.717) is 17.7 Å². The minimum atomic E-state index is -0.108. The van der Waals surface area contributed by atoms with Gasteiger partial charge in [-0.05, 0) is 43.9 Å². The van der Waals surface area contributed by atoms with Crippen LogP contribution in [0.2, 0.25) is 0 Å². The van der Waals surface area contributed by atoms with Crippen LogP contribution >= 0.6 is 11.8 Å². The van der Waals surface area contributed by atoms with Crippen molar-refractivity contribution in [3.8, 4) is 5.69 Å². The number of rotatable bonds is 7. The summed E-state index contributed by atoms with van der Waals surface area (Å²) in [7, 11) is 0. The average molecular weight is 442 g/mol. The number of hydrogen-bond acceptors (Lipinski definition) is 5. The van der Waals surface area contributed by atoms with Gasteiger partial charge >= 0.3 is 0 Å². The Balaban J connectivity index is 1.45. The van der Waals surface area contributed by atoms with E-state index in [1.165, 1.54) is 50.8 Å². The van der Waals surface area contributed by atoms with Crippen molar-refractivity contribution in [1.29, 1.82) is 0 Å². The summed E-state index contributed by atoms with van der Waals surface area (Å²) in [6.07, 6.45) is 10.6. The molecule has 2 saturated carbocycles. The van der Waals surface area contributed by atoms with Crippen molar-refractivity contribution in [1.82, 2.24) is 20.1 Å². The van der Waals surface area contributed by atoms with Gasteiger partial charge in [-0.2, -0.15) is 0 Å². The second-order valence-electron chi connectivity index (χ2n) is 8.58. The van der Waals surface area contributed by atoms with Crippen LogP contribution in [0.15, 0.2) is 29.4 Å². The van der Waals surface area contributed by atoms with Gasteiger partial charge in [-0.1, -0.05) is 49.9 Å². The molecule has 2 N–H and O–H groups in total. The Hall–Kier alpha value is -2.35. The fourth-order valence-electron chi connectivity index (χ4n) is 4.15. The predicted molar refractivity (Wildman–Crippen MR) is 123 cm³/mol. The Labute approximate surface area is 187 Å². The highest BCUT2D eigenvalue weighted by Gasteiger charge is 2.31. The molecule has 0 atom stereocenters. The highest BCUT2D eigenvalue weighted by atomic mass is 32.2. The molecule has 166 valence electrons. The minimum Gasteiger partial charge on any atom is -0.353 e. The molecule has 0 radical (unpaired) electrons. The molecule has 0 aliphatic heterocycles. The van der Waals surface area contributed by atoms with Crippen molar-refractivity contribution in [2.24, 2.45) is 0 Å². The Morgan fingerprint density at radius 1 is 1.06 bits per heavy atom. The molecule has 2 fully saturated rings. The van der Waals surface area contributed by atoms with E-state index in [4.69, 9.17) is 0 Å². The van der Waals surface area contributed by atoms with Crippen LogP contribution in [0.25, 0.3) is 5.69 Å². The molecule has 1 aromatic carbocycles. The monoisotopic (exact) mass is 441 g/mol. The lowest BCUT2D eigenvalue weighted by atomic mass is 9.97. The van der Waals surface area contributed by atoms with Crippen LogP contribution in [0, 0.1) is 0 Å². The van der Waals surface area contributed by atoms with E-state index in [2.05, 4.69) is 20.8 Å². The van der Waals surface area contributed by atoms with Crippen molar-refractivity contribution in [2.75, 3.05) is 11.1 Å². The summed E-state index contributed by atoms with van der Waals surface area (Å²) in [5.74, 6) is 1.62. The first-order chi connectivity index (χ1) is 15.1. The van der Waals surface area contributed by atoms with Crippen LogP contribution in [-0.4, -0.2) is 38.4 Å². The highest BCUT2D eigenvalue weighted by Crippen LogP contribution is 2.41. The molecule has 1 aromatic heterocycles. The zero-order valence-corrected chi connectivity index (χ0v) is 18.9. The first kappa shape index (κ1) is 21.9. The van der Waals surface area contributed by atoms with Crippen molar-refractivity contribution >= 4 is 29.3 Å². The number of carbonyl (C=O) groups is 2. The first-order valence-corrected chi connectivity index (χ1v) is 12.3. The third-order valence-electron chi connectivity index (χ3n) is 5.83. The van der Waals surface area contributed by atoms with E-state index in [1.54, 1.807) is 0 Å². The van der Waals surface area contributed by atoms with Gasteiger partial charge in [-0.15, -0.1) is 10.2 Å². The van der Waals surface area contributed by atoms with Crippen molar-refractivity contribution < 1.29 is 9.59 Å². The summed E-state index contributed by atoms with van der Waals surface area (Å²) in [6.45, 7) is 1.50. The maximum atomic E-state index is 12.6. The molecule has 0 saturated heterocycles. The standard InChI is InChI=1S/C23H31N5O2S/c1-16(29)24-19-10-7-11-20(14-19)28-22(17-12-13-17)26-27-23(28)31-15-21(30)25-18-8-5-3-2-4-6-9-18/h7,10-11,14,17-18H,2-6,8-9,12-13,15H2,1H3,(H,24,29)(H,25,30). The lowest BCUT2D eigenvalue weighted by Crippen LogP contribution is -2.36. The number of carbonyl (C=O) groups excluding carboxylic acids is 2. The molecule has 2 aliphatic carbocycles. The maximum Gasteiger partial charge on any atom is 0.230 e. The third-order valence-corrected chi connectivity index (χ3v) is 6.76. The van der Waals surface area contributed by atoms with Crippen molar-refractivity contribution in [3.05, 3.63) is 30.1 Å². The summed E-state index contributed by atoms with van der Waals surface area (Å²) >= 11 is 1.42. The number of aromatic nitrogens is 3. The zero-order chi connectivity index (χ0) is 21.6. The fraction of sp³-hybridized carbons (Fsp3) is 0.565. The van der Waals surface area contributed by atoms with E-state index in [-0.39, 0.29) is 11.8 Å². The number of benzene rings is 1. The Morgan fingerprint density at radius 2 is 1.81 bits per heavy atom. The van der Waals surface area contributed by atoms with Gasteiger partial charge in [0.05, 0.1) is 11.4 Å². The molecular formula is C23H31N5O2S. The second-order valence-corrected chi connectivity index (χ2v) is 9.52. The summed E-state index contributed by atoms with van der Waals surface area (Å²) in [5, 5.41) is 15.6. The predicted octanol–water partition coefficient (Wildman–Crippen LogP) is 4.42. The number of anilines is 1. The average Bonchev–Trinajstić information content (AvgIpc) is 3.47. The summed E-state index contributed by atoms with van der Waals surface area (Å²) in [6, 6.07) is 7.98. The smallest absolute Gasteiger partial charge is 0.230 e. The van der Waals surface area contributed by atoms with Gasteiger partial charge < -0.3 is 10.6 Å². The molecule has 8 heteroatoms.